The highest BCUT2D eigenvalue weighted by Gasteiger charge is 2.14. The van der Waals surface area contributed by atoms with Gasteiger partial charge in [0.15, 0.2) is 0 Å². The van der Waals surface area contributed by atoms with Crippen LogP contribution < -0.4 is 10.6 Å². The Kier molecular flexibility index (Phi) is 10.1. The lowest BCUT2D eigenvalue weighted by Gasteiger charge is -2.12. The topological polar surface area (TPSA) is 41.1 Å². The van der Waals surface area contributed by atoms with Crippen LogP contribution in [0.3, 0.4) is 0 Å². The second kappa shape index (κ2) is 10.4. The number of amides is 1. The van der Waals surface area contributed by atoms with Crippen LogP contribution in [0.25, 0.3) is 0 Å². The molecule has 1 amide bonds. The third-order valence-corrected chi connectivity index (χ3v) is 3.98. The minimum absolute atomic E-state index is 0. The number of nitrogens with one attached hydrogen (secondary N) is 2. The summed E-state index contributed by atoms with van der Waals surface area (Å²) in [6.45, 7) is 6.29. The number of carbonyl (C=O) groups is 1. The van der Waals surface area contributed by atoms with Gasteiger partial charge in [0.2, 0.25) is 5.91 Å². The van der Waals surface area contributed by atoms with Crippen molar-refractivity contribution in [3.05, 3.63) is 29.3 Å². The molecule has 1 unspecified atom stereocenters. The minimum atomic E-state index is -0.147. The van der Waals surface area contributed by atoms with E-state index in [9.17, 15) is 4.79 Å². The third-order valence-electron chi connectivity index (χ3n) is 2.36. The van der Waals surface area contributed by atoms with E-state index in [0.29, 0.717) is 11.6 Å². The van der Waals surface area contributed by atoms with Crippen molar-refractivity contribution >= 4 is 41.7 Å². The van der Waals surface area contributed by atoms with Crippen LogP contribution in [0, 0.1) is 0 Å². The molecule has 2 N–H and O–H groups in total. The number of likely N-dealkylation sites (N-methyl/N-ethyl adjacent to an activating group) is 1. The molecule has 3 nitrogen and oxygen atoms in total. The number of benzene rings is 1. The van der Waals surface area contributed by atoms with E-state index in [4.69, 9.17) is 11.6 Å². The predicted molar refractivity (Wildman–Crippen MR) is 85.6 cm³/mol. The summed E-state index contributed by atoms with van der Waals surface area (Å²) < 4.78 is 0. The lowest BCUT2D eigenvalue weighted by molar-refractivity contribution is -0.120. The number of halogens is 2. The molecule has 108 valence electrons. The van der Waals surface area contributed by atoms with Crippen molar-refractivity contribution in [1.29, 1.82) is 0 Å². The first-order chi connectivity index (χ1) is 8.65. The monoisotopic (exact) mass is 322 g/mol. The van der Waals surface area contributed by atoms with Crippen molar-refractivity contribution in [2.75, 3.05) is 19.6 Å². The fraction of sp³-hybridized carbons (Fsp3) is 0.462. The van der Waals surface area contributed by atoms with Gasteiger partial charge in [0.25, 0.3) is 0 Å². The van der Waals surface area contributed by atoms with Crippen LogP contribution in [0.5, 0.6) is 0 Å². The first-order valence-corrected chi connectivity index (χ1v) is 7.30. The van der Waals surface area contributed by atoms with Gasteiger partial charge in [0.1, 0.15) is 0 Å². The Balaban J connectivity index is 0.00000324. The van der Waals surface area contributed by atoms with Crippen molar-refractivity contribution < 1.29 is 4.79 Å². The summed E-state index contributed by atoms with van der Waals surface area (Å²) in [7, 11) is 0. The molecule has 0 heterocycles. The molecule has 1 aromatic carbocycles. The smallest absolute Gasteiger partial charge is 0.233 e. The minimum Gasteiger partial charge on any atom is -0.354 e. The molecule has 19 heavy (non-hydrogen) atoms. The summed E-state index contributed by atoms with van der Waals surface area (Å²) >= 11 is 7.53. The van der Waals surface area contributed by atoms with Gasteiger partial charge in [-0.25, -0.2) is 0 Å². The van der Waals surface area contributed by atoms with E-state index in [1.54, 1.807) is 0 Å². The molecule has 0 spiro atoms. The maximum Gasteiger partial charge on any atom is 0.233 e. The van der Waals surface area contributed by atoms with Gasteiger partial charge in [-0.1, -0.05) is 30.7 Å². The fourth-order valence-electron chi connectivity index (χ4n) is 1.38. The number of thioether (sulfide) groups is 1. The second-order valence-electron chi connectivity index (χ2n) is 3.84. The molecule has 0 fully saturated rings. The summed E-state index contributed by atoms with van der Waals surface area (Å²) in [6, 6.07) is 7.56. The van der Waals surface area contributed by atoms with E-state index in [1.807, 2.05) is 38.1 Å². The third kappa shape index (κ3) is 7.06. The summed E-state index contributed by atoms with van der Waals surface area (Å²) in [6.07, 6.45) is 0. The average Bonchev–Trinajstić information content (AvgIpc) is 2.37. The molecule has 0 radical (unpaired) electrons. The van der Waals surface area contributed by atoms with Crippen LogP contribution in [-0.2, 0) is 4.79 Å². The van der Waals surface area contributed by atoms with Crippen molar-refractivity contribution in [2.45, 2.75) is 24.0 Å². The second-order valence-corrected chi connectivity index (χ2v) is 5.62. The van der Waals surface area contributed by atoms with E-state index in [-0.39, 0.29) is 23.6 Å². The first-order valence-electron chi connectivity index (χ1n) is 6.04. The van der Waals surface area contributed by atoms with E-state index in [2.05, 4.69) is 10.6 Å². The van der Waals surface area contributed by atoms with Crippen molar-refractivity contribution in [1.82, 2.24) is 10.6 Å². The maximum absolute atomic E-state index is 11.8. The number of carbonyl (C=O) groups excluding carboxylic acids is 1. The summed E-state index contributed by atoms with van der Waals surface area (Å²) in [5.41, 5.74) is 0. The van der Waals surface area contributed by atoms with Gasteiger partial charge in [-0.05, 0) is 25.6 Å². The normalized spacial score (nSPS) is 11.5. The van der Waals surface area contributed by atoms with Gasteiger partial charge in [0.05, 0.1) is 10.3 Å². The molecule has 0 saturated carbocycles. The van der Waals surface area contributed by atoms with Crippen LogP contribution >= 0.6 is 35.8 Å². The van der Waals surface area contributed by atoms with Gasteiger partial charge in [-0.2, -0.15) is 0 Å². The van der Waals surface area contributed by atoms with Gasteiger partial charge < -0.3 is 10.6 Å². The largest absolute Gasteiger partial charge is 0.354 e. The Morgan fingerprint density at radius 1 is 1.37 bits per heavy atom. The van der Waals surface area contributed by atoms with Crippen LogP contribution in [0.4, 0.5) is 0 Å². The standard InChI is InChI=1S/C13H19ClN2OS.ClH/c1-3-15-8-9-16-13(17)10(2)18-12-7-5-4-6-11(12)14;/h4-7,10,15H,3,8-9H2,1-2H3,(H,16,17);1H. The molecule has 1 rings (SSSR count). The molecule has 0 saturated heterocycles. The average molecular weight is 323 g/mol. The van der Waals surface area contributed by atoms with Crippen LogP contribution in [0.15, 0.2) is 29.2 Å². The molecule has 1 aromatic rings. The quantitative estimate of drug-likeness (QED) is 0.599. The highest BCUT2D eigenvalue weighted by atomic mass is 35.5. The van der Waals surface area contributed by atoms with E-state index in [1.165, 1.54) is 11.8 Å². The molecule has 0 aliphatic carbocycles. The van der Waals surface area contributed by atoms with E-state index >= 15 is 0 Å². The Bertz CT molecular complexity index is 391. The SMILES string of the molecule is CCNCCNC(=O)C(C)Sc1ccccc1Cl.Cl. The lowest BCUT2D eigenvalue weighted by Crippen LogP contribution is -2.36. The molecule has 0 aliphatic heterocycles. The van der Waals surface area contributed by atoms with Gasteiger partial charge in [-0.15, -0.1) is 24.2 Å². The molecule has 1 atom stereocenters. The Hall–Kier alpha value is -0.420. The zero-order valence-corrected chi connectivity index (χ0v) is 13.5. The Morgan fingerprint density at radius 2 is 2.05 bits per heavy atom. The van der Waals surface area contributed by atoms with Crippen LogP contribution in [-0.4, -0.2) is 30.8 Å². The van der Waals surface area contributed by atoms with Gasteiger partial charge in [-0.3, -0.25) is 4.79 Å². The maximum atomic E-state index is 11.8. The molecular formula is C13H20Cl2N2OS. The van der Waals surface area contributed by atoms with Crippen molar-refractivity contribution in [3.63, 3.8) is 0 Å². The zero-order chi connectivity index (χ0) is 13.4. The number of rotatable bonds is 7. The van der Waals surface area contributed by atoms with Gasteiger partial charge in [0, 0.05) is 18.0 Å². The highest BCUT2D eigenvalue weighted by Crippen LogP contribution is 2.29. The molecule has 0 aliphatic rings. The number of hydrogen-bond donors (Lipinski definition) is 2. The van der Waals surface area contributed by atoms with Gasteiger partial charge >= 0.3 is 0 Å². The van der Waals surface area contributed by atoms with Crippen molar-refractivity contribution in [3.8, 4) is 0 Å². The zero-order valence-electron chi connectivity index (χ0n) is 11.1. The fourth-order valence-corrected chi connectivity index (χ4v) is 2.56. The van der Waals surface area contributed by atoms with Crippen LogP contribution in [0.2, 0.25) is 5.02 Å². The summed E-state index contributed by atoms with van der Waals surface area (Å²) in [5.74, 6) is 0.0397. The highest BCUT2D eigenvalue weighted by molar-refractivity contribution is 8.00. The van der Waals surface area contributed by atoms with Crippen molar-refractivity contribution in [2.24, 2.45) is 0 Å². The summed E-state index contributed by atoms with van der Waals surface area (Å²) in [5, 5.41) is 6.59. The first kappa shape index (κ1) is 18.6. The molecule has 0 aromatic heterocycles. The van der Waals surface area contributed by atoms with E-state index in [0.717, 1.165) is 18.0 Å². The summed E-state index contributed by atoms with van der Waals surface area (Å²) in [4.78, 5) is 12.8. The molecule has 0 bridgehead atoms. The lowest BCUT2D eigenvalue weighted by atomic mass is 10.4. The molecule has 6 heteroatoms. The molecular weight excluding hydrogens is 303 g/mol. The van der Waals surface area contributed by atoms with E-state index < -0.39 is 0 Å². The van der Waals surface area contributed by atoms with Crippen LogP contribution in [0.1, 0.15) is 13.8 Å². The number of hydrogen-bond acceptors (Lipinski definition) is 3. The Morgan fingerprint density at radius 3 is 2.68 bits per heavy atom. The Labute approximate surface area is 130 Å². The predicted octanol–water partition coefficient (Wildman–Crippen LogP) is 2.97.